The number of hydrogen-bond acceptors (Lipinski definition) is 10. The largest absolute Gasteiger partial charge is 0.472 e. The topological polar surface area (TPSA) is 140 Å². The van der Waals surface area contributed by atoms with Gasteiger partial charge >= 0.3 is 6.09 Å². The number of rotatable bonds is 5. The van der Waals surface area contributed by atoms with Crippen molar-refractivity contribution in [2.24, 2.45) is 0 Å². The summed E-state index contributed by atoms with van der Waals surface area (Å²) in [6.07, 6.45) is 8.52. The van der Waals surface area contributed by atoms with Gasteiger partial charge in [-0.3, -0.25) is 5.32 Å². The molecule has 1 amide bonds. The molecule has 2 aliphatic rings. The van der Waals surface area contributed by atoms with E-state index in [4.69, 9.17) is 14.2 Å². The molecule has 1 saturated carbocycles. The average molecular weight is 418 g/mol. The summed E-state index contributed by atoms with van der Waals surface area (Å²) in [5, 5.41) is 15.4. The monoisotopic (exact) mass is 418 g/mol. The molecule has 12 nitrogen and oxygen atoms in total. The number of nitrogens with zero attached hydrogens (tertiary/aromatic N) is 6. The summed E-state index contributed by atoms with van der Waals surface area (Å²) in [7, 11) is 0. The summed E-state index contributed by atoms with van der Waals surface area (Å²) in [6.45, 7) is 2.63. The molecule has 2 N–H and O–H groups in total. The molecule has 0 bridgehead atoms. The minimum atomic E-state index is -0.776. The Morgan fingerprint density at radius 1 is 1.17 bits per heavy atom. The average Bonchev–Trinajstić information content (AvgIpc) is 3.24. The number of aromatic nitrogens is 6. The highest BCUT2D eigenvalue weighted by Crippen LogP contribution is 2.30. The van der Waals surface area contributed by atoms with Gasteiger partial charge in [-0.05, 0) is 30.9 Å². The van der Waals surface area contributed by atoms with Gasteiger partial charge in [0.05, 0.1) is 19.4 Å². The first kappa shape index (κ1) is 20.3. The van der Waals surface area contributed by atoms with Gasteiger partial charge < -0.3 is 19.1 Å². The van der Waals surface area contributed by atoms with Gasteiger partial charge in [0.1, 0.15) is 6.10 Å². The number of aromatic amines is 1. The molecular weight excluding hydrogens is 392 g/mol. The van der Waals surface area contributed by atoms with Gasteiger partial charge in [0.15, 0.2) is 0 Å². The lowest BCUT2D eigenvalue weighted by Gasteiger charge is -2.27. The van der Waals surface area contributed by atoms with E-state index in [0.717, 1.165) is 25.7 Å². The van der Waals surface area contributed by atoms with Crippen molar-refractivity contribution in [3.05, 3.63) is 6.20 Å². The number of H-pyrrole nitrogens is 1. The number of ether oxygens (including phenoxy) is 3. The molecule has 1 saturated heterocycles. The van der Waals surface area contributed by atoms with E-state index in [0.29, 0.717) is 32.3 Å². The van der Waals surface area contributed by atoms with Crippen LogP contribution in [0.5, 0.6) is 11.6 Å². The fourth-order valence-electron chi connectivity index (χ4n) is 3.54. The highest BCUT2D eigenvalue weighted by Gasteiger charge is 2.22. The molecule has 1 aliphatic carbocycles. The number of nitrogens with one attached hydrogen (secondary N) is 2. The van der Waals surface area contributed by atoms with Crippen molar-refractivity contribution in [1.29, 1.82) is 0 Å². The Kier molecular flexibility index (Phi) is 6.85. The van der Waals surface area contributed by atoms with Crippen LogP contribution in [0.2, 0.25) is 0 Å². The van der Waals surface area contributed by atoms with Crippen LogP contribution >= 0.6 is 0 Å². The minimum Gasteiger partial charge on any atom is -0.472 e. The first-order valence-corrected chi connectivity index (χ1v) is 10.4. The molecule has 1 aliphatic heterocycles. The fraction of sp³-hybridized carbons (Fsp3) is 0.667. The van der Waals surface area contributed by atoms with E-state index in [2.05, 4.69) is 35.9 Å². The van der Waals surface area contributed by atoms with Crippen LogP contribution in [0.4, 0.5) is 16.7 Å². The van der Waals surface area contributed by atoms with Crippen molar-refractivity contribution in [3.8, 4) is 11.6 Å². The molecule has 0 unspecified atom stereocenters. The second kappa shape index (κ2) is 10.1. The molecule has 12 heteroatoms. The summed E-state index contributed by atoms with van der Waals surface area (Å²) in [5.41, 5.74) is 0. The molecule has 2 fully saturated rings. The van der Waals surface area contributed by atoms with E-state index >= 15 is 0 Å². The van der Waals surface area contributed by atoms with Gasteiger partial charge in [0.2, 0.25) is 11.7 Å². The van der Waals surface area contributed by atoms with E-state index in [-0.39, 0.29) is 23.7 Å². The summed E-state index contributed by atoms with van der Waals surface area (Å²) < 4.78 is 17.0. The van der Waals surface area contributed by atoms with Crippen LogP contribution in [0.25, 0.3) is 0 Å². The fourth-order valence-corrected chi connectivity index (χ4v) is 3.54. The minimum absolute atomic E-state index is 0.00772. The van der Waals surface area contributed by atoms with Gasteiger partial charge in [0, 0.05) is 13.1 Å². The first-order valence-electron chi connectivity index (χ1n) is 10.4. The predicted molar refractivity (Wildman–Crippen MR) is 106 cm³/mol. The van der Waals surface area contributed by atoms with Gasteiger partial charge in [-0.2, -0.15) is 10.2 Å². The Labute approximate surface area is 173 Å². The summed E-state index contributed by atoms with van der Waals surface area (Å²) in [5.74, 6) is 0.953. The van der Waals surface area contributed by atoms with Gasteiger partial charge in [-0.15, -0.1) is 5.10 Å². The number of carbonyl (C=O) groups is 1. The van der Waals surface area contributed by atoms with Crippen LogP contribution < -0.4 is 19.7 Å². The molecule has 4 rings (SSSR count). The Hall–Kier alpha value is -3.02. The van der Waals surface area contributed by atoms with E-state index in [1.54, 1.807) is 0 Å². The van der Waals surface area contributed by atoms with Crippen molar-refractivity contribution in [2.45, 2.75) is 51.0 Å². The van der Waals surface area contributed by atoms with Crippen molar-refractivity contribution < 1.29 is 19.0 Å². The van der Waals surface area contributed by atoms with Crippen LogP contribution in [0.1, 0.15) is 44.9 Å². The number of anilines is 2. The van der Waals surface area contributed by atoms with E-state index in [1.807, 2.05) is 4.90 Å². The van der Waals surface area contributed by atoms with Gasteiger partial charge in [-0.1, -0.05) is 24.4 Å². The SMILES string of the molecule is O=C(Nc1nn[nH]n1)Oc1cnc(N2CCOCC2)nc1OC1CCCCCCC1. The van der Waals surface area contributed by atoms with E-state index in [9.17, 15) is 4.79 Å². The summed E-state index contributed by atoms with van der Waals surface area (Å²) >= 11 is 0. The molecule has 30 heavy (non-hydrogen) atoms. The number of carbonyl (C=O) groups excluding carboxylic acids is 1. The van der Waals surface area contributed by atoms with Crippen LogP contribution in [-0.4, -0.2) is 69.1 Å². The van der Waals surface area contributed by atoms with Crippen LogP contribution in [0.15, 0.2) is 6.20 Å². The third kappa shape index (κ3) is 5.53. The Morgan fingerprint density at radius 3 is 2.67 bits per heavy atom. The zero-order valence-electron chi connectivity index (χ0n) is 16.7. The zero-order chi connectivity index (χ0) is 20.6. The maximum atomic E-state index is 12.2. The standard InChI is InChI=1S/C18H26N8O4/c27-18(21-16-22-24-25-23-16)30-14-12-19-17(26-8-10-28-11-9-26)20-15(14)29-13-6-4-2-1-3-5-7-13/h12-13H,1-11H2,(H2,21,22,23,24,25,27). The Balaban J connectivity index is 1.51. The lowest BCUT2D eigenvalue weighted by atomic mass is 9.99. The van der Waals surface area contributed by atoms with E-state index in [1.165, 1.54) is 25.5 Å². The second-order valence-electron chi connectivity index (χ2n) is 7.27. The maximum Gasteiger partial charge on any atom is 0.419 e. The van der Waals surface area contributed by atoms with Gasteiger partial charge in [0.25, 0.3) is 11.8 Å². The first-order chi connectivity index (χ1) is 14.8. The number of amides is 1. The van der Waals surface area contributed by atoms with Crippen molar-refractivity contribution in [3.63, 3.8) is 0 Å². The van der Waals surface area contributed by atoms with Gasteiger partial charge in [-0.25, -0.2) is 9.78 Å². The molecule has 3 heterocycles. The highest BCUT2D eigenvalue weighted by molar-refractivity contribution is 5.84. The van der Waals surface area contributed by atoms with E-state index < -0.39 is 6.09 Å². The summed E-state index contributed by atoms with van der Waals surface area (Å²) in [6, 6.07) is 0. The quantitative estimate of drug-likeness (QED) is 0.740. The third-order valence-electron chi connectivity index (χ3n) is 5.10. The maximum absolute atomic E-state index is 12.2. The molecule has 162 valence electrons. The van der Waals surface area contributed by atoms with Crippen LogP contribution in [-0.2, 0) is 4.74 Å². The Morgan fingerprint density at radius 2 is 1.93 bits per heavy atom. The zero-order valence-corrected chi connectivity index (χ0v) is 16.7. The Bertz CT molecular complexity index is 805. The highest BCUT2D eigenvalue weighted by atomic mass is 16.6. The molecule has 2 aromatic rings. The second-order valence-corrected chi connectivity index (χ2v) is 7.27. The molecule has 0 radical (unpaired) electrons. The molecule has 0 spiro atoms. The lowest BCUT2D eigenvalue weighted by Crippen LogP contribution is -2.37. The molecule has 2 aromatic heterocycles. The normalized spacial score (nSPS) is 18.3. The lowest BCUT2D eigenvalue weighted by molar-refractivity contribution is 0.121. The predicted octanol–water partition coefficient (Wildman–Crippen LogP) is 1.93. The van der Waals surface area contributed by atoms with Crippen molar-refractivity contribution in [2.75, 3.05) is 36.5 Å². The third-order valence-corrected chi connectivity index (χ3v) is 5.10. The summed E-state index contributed by atoms with van der Waals surface area (Å²) in [4.78, 5) is 23.2. The number of tetrazole rings is 1. The van der Waals surface area contributed by atoms with Crippen molar-refractivity contribution in [1.82, 2.24) is 30.6 Å². The molecule has 0 aromatic carbocycles. The molecular formula is C18H26N8O4. The number of morpholine rings is 1. The van der Waals surface area contributed by atoms with Crippen LogP contribution in [0, 0.1) is 0 Å². The molecule has 0 atom stereocenters. The smallest absolute Gasteiger partial charge is 0.419 e. The number of hydrogen-bond donors (Lipinski definition) is 2. The van der Waals surface area contributed by atoms with Crippen molar-refractivity contribution >= 4 is 18.0 Å². The van der Waals surface area contributed by atoms with Crippen LogP contribution in [0.3, 0.4) is 0 Å².